The van der Waals surface area contributed by atoms with Crippen LogP contribution in [0.5, 0.6) is 5.75 Å². The Morgan fingerprint density at radius 1 is 0.509 bits per heavy atom. The molecule has 0 radical (unpaired) electrons. The van der Waals surface area contributed by atoms with Crippen LogP contribution in [0, 0.1) is 0 Å². The topological polar surface area (TPSA) is 78.9 Å². The highest BCUT2D eigenvalue weighted by atomic mass is 32.3. The molecule has 3 rings (SSSR count). The summed E-state index contributed by atoms with van der Waals surface area (Å²) < 4.78 is 280. The molecule has 0 unspecified atom stereocenters. The molecule has 0 spiro atoms. The lowest BCUT2D eigenvalue weighted by Crippen LogP contribution is -2.75. The Hall–Kier alpha value is -4.00. The zero-order valence-corrected chi connectivity index (χ0v) is 30.1. The quantitative estimate of drug-likeness (QED) is 0.112. The third-order valence-electron chi connectivity index (χ3n) is 7.28. The van der Waals surface area contributed by atoms with Crippen molar-refractivity contribution in [1.82, 2.24) is 0 Å². The maximum Gasteiger partial charge on any atom is 0.460 e. The lowest BCUT2D eigenvalue weighted by Gasteiger charge is -2.43. The summed E-state index contributed by atoms with van der Waals surface area (Å²) in [6.45, 7) is 3.74. The number of carbonyl (C=O) groups is 1. The van der Waals surface area contributed by atoms with Crippen LogP contribution in [0.2, 0.25) is 0 Å². The molecule has 0 heterocycles. The Morgan fingerprint density at radius 2 is 0.860 bits per heavy atom. The van der Waals surface area contributed by atoms with E-state index in [0.29, 0.717) is 0 Å². The molecule has 0 atom stereocenters. The number of rotatable bonds is 15. The van der Waals surface area contributed by atoms with E-state index >= 15 is 17.6 Å². The van der Waals surface area contributed by atoms with Crippen molar-refractivity contribution in [1.29, 1.82) is 0 Å². The van der Waals surface area contributed by atoms with Gasteiger partial charge in [0, 0.05) is 14.7 Å². The van der Waals surface area contributed by atoms with Crippen molar-refractivity contribution >= 4 is 26.4 Å². The van der Waals surface area contributed by atoms with Crippen LogP contribution in [0.25, 0.3) is 0 Å². The second-order valence-corrected chi connectivity index (χ2v) is 17.0. The molecule has 0 bridgehead atoms. The minimum Gasteiger partial charge on any atom is -0.482 e. The van der Waals surface area contributed by atoms with Gasteiger partial charge in [-0.1, -0.05) is 36.4 Å². The minimum atomic E-state index is -9.02. The number of carbonyl (C=O) groups excluding carboxylic acids is 1. The van der Waals surface area contributed by atoms with Crippen LogP contribution in [-0.2, 0) is 23.3 Å². The maximum atomic E-state index is 15.5. The van der Waals surface area contributed by atoms with Gasteiger partial charge in [-0.2, -0.15) is 83.1 Å². The van der Waals surface area contributed by atoms with Gasteiger partial charge in [0.15, 0.2) is 6.61 Å². The summed E-state index contributed by atoms with van der Waals surface area (Å²) in [7, 11) is -12.7. The van der Waals surface area contributed by atoms with Crippen molar-refractivity contribution in [2.45, 2.75) is 88.0 Å². The van der Waals surface area contributed by atoms with Crippen LogP contribution in [-0.4, -0.2) is 73.6 Å². The van der Waals surface area contributed by atoms with Gasteiger partial charge in [0.05, 0.1) is 0 Å². The number of hydrogen-bond donors (Lipinski definition) is 0. The monoisotopic (exact) mass is 892 g/mol. The van der Waals surface area contributed by atoms with Crippen LogP contribution in [0.1, 0.15) is 20.8 Å². The van der Waals surface area contributed by atoms with Gasteiger partial charge in [-0.15, -0.1) is 0 Å². The molecule has 0 fully saturated rings. The first kappa shape index (κ1) is 47.4. The number of esters is 1. The van der Waals surface area contributed by atoms with E-state index in [4.69, 9.17) is 9.47 Å². The maximum absolute atomic E-state index is 15.5. The van der Waals surface area contributed by atoms with Crippen LogP contribution in [0.15, 0.2) is 99.6 Å². The molecule has 57 heavy (non-hydrogen) atoms. The van der Waals surface area contributed by atoms with Gasteiger partial charge in [-0.05, 0) is 79.6 Å². The lowest BCUT2D eigenvalue weighted by atomic mass is 9.91. The van der Waals surface area contributed by atoms with E-state index in [1.807, 2.05) is 0 Å². The summed E-state index contributed by atoms with van der Waals surface area (Å²) in [4.78, 5) is 10.2. The fourth-order valence-corrected chi connectivity index (χ4v) is 9.69. The van der Waals surface area contributed by atoms with Gasteiger partial charge in [0.1, 0.15) is 11.4 Å². The van der Waals surface area contributed by atoms with E-state index in [-0.39, 0.29) is 5.75 Å². The molecule has 0 aliphatic heterocycles. The number of benzene rings is 3. The molecule has 3 aromatic carbocycles. The fourth-order valence-electron chi connectivity index (χ4n) is 4.47. The Morgan fingerprint density at radius 3 is 1.23 bits per heavy atom. The Labute approximate surface area is 312 Å². The Kier molecular flexibility index (Phi) is 12.5. The zero-order chi connectivity index (χ0) is 44.1. The van der Waals surface area contributed by atoms with Crippen LogP contribution >= 0.6 is 10.3 Å². The van der Waals surface area contributed by atoms with Crippen molar-refractivity contribution in [3.8, 4) is 5.75 Å². The molecular formula is C32H25F17O6S2. The molecule has 3 aromatic rings. The normalized spacial score (nSPS) is 14.9. The second-order valence-electron chi connectivity index (χ2n) is 12.5. The molecule has 320 valence electrons. The Bertz CT molecular complexity index is 1950. The number of hydrogen-bond acceptors (Lipinski definition) is 6. The third-order valence-corrected chi connectivity index (χ3v) is 12.5. The molecule has 0 saturated carbocycles. The molecular weight excluding hydrogens is 867 g/mol. The van der Waals surface area contributed by atoms with E-state index in [1.54, 1.807) is 0 Å². The van der Waals surface area contributed by atoms with Gasteiger partial charge in [0.25, 0.3) is 0 Å². The van der Waals surface area contributed by atoms with Gasteiger partial charge in [0.2, 0.25) is 0 Å². The van der Waals surface area contributed by atoms with Crippen LogP contribution in [0.3, 0.4) is 0 Å². The summed E-state index contributed by atoms with van der Waals surface area (Å²) in [5.74, 6) is -53.8. The molecule has 0 aromatic heterocycles. The SMILES string of the molecule is CC(C)(C)OC(=O)COc1ccc(S(OS(=O)(=O)C(F)(F)C(F)(F)C(F)(F)C(F)(F)C(F)(F)C(F)(F)C(F)(F)C(F)(F)F)(c2ccccc2)c2ccccc2)cc1. The second kappa shape index (κ2) is 15.0. The molecule has 0 amide bonds. The number of halogens is 17. The number of alkyl halides is 17. The Balaban J connectivity index is 2.25. The van der Waals surface area contributed by atoms with Gasteiger partial charge in [-0.25, -0.2) is 8.42 Å². The highest BCUT2D eigenvalue weighted by Gasteiger charge is 2.96. The average Bonchev–Trinajstić information content (AvgIpc) is 3.09. The van der Waals surface area contributed by atoms with Crippen LogP contribution < -0.4 is 4.74 Å². The summed E-state index contributed by atoms with van der Waals surface area (Å²) in [6, 6.07) is 13.7. The smallest absolute Gasteiger partial charge is 0.460 e. The predicted octanol–water partition coefficient (Wildman–Crippen LogP) is 10.9. The van der Waals surface area contributed by atoms with Crippen molar-refractivity contribution in [2.75, 3.05) is 6.61 Å². The van der Waals surface area contributed by atoms with Crippen molar-refractivity contribution in [3.05, 3.63) is 84.9 Å². The van der Waals surface area contributed by atoms with Gasteiger partial charge >= 0.3 is 63.1 Å². The van der Waals surface area contributed by atoms with Gasteiger partial charge in [-0.3, -0.25) is 0 Å². The highest BCUT2D eigenvalue weighted by molar-refractivity contribution is 8.33. The van der Waals surface area contributed by atoms with Crippen LogP contribution in [0.4, 0.5) is 74.6 Å². The minimum absolute atomic E-state index is 0.255. The predicted molar refractivity (Wildman–Crippen MR) is 164 cm³/mol. The first-order valence-electron chi connectivity index (χ1n) is 15.0. The molecule has 6 nitrogen and oxygen atoms in total. The fraction of sp³-hybridized carbons (Fsp3) is 0.406. The summed E-state index contributed by atoms with van der Waals surface area (Å²) >= 11 is 0. The van der Waals surface area contributed by atoms with Crippen molar-refractivity contribution < 1.29 is 101 Å². The zero-order valence-electron chi connectivity index (χ0n) is 28.5. The highest BCUT2D eigenvalue weighted by Crippen LogP contribution is 2.72. The first-order chi connectivity index (χ1) is 25.5. The molecule has 0 aliphatic carbocycles. The van der Waals surface area contributed by atoms with Crippen molar-refractivity contribution in [2.24, 2.45) is 0 Å². The van der Waals surface area contributed by atoms with E-state index in [0.717, 1.165) is 72.8 Å². The molecule has 0 N–H and O–H groups in total. The standard InChI is InChI=1S/C32H25F17O6S2/c1-24(2,3)54-23(50)18-53-19-14-16-22(17-15-19)56(20-10-6-4-7-11-20,21-12-8-5-9-13-21)55-57(51,52)32(48,49)30(43,44)28(39,40)26(35,36)25(33,34)27(37,38)29(41,42)31(45,46)47/h4-17H,18H2,1-3H3. The van der Waals surface area contributed by atoms with E-state index in [2.05, 4.69) is 3.63 Å². The summed E-state index contributed by atoms with van der Waals surface area (Å²) in [6.07, 6.45) is -7.96. The van der Waals surface area contributed by atoms with E-state index in [9.17, 15) is 70.3 Å². The average molecular weight is 893 g/mol. The summed E-state index contributed by atoms with van der Waals surface area (Å²) in [5, 5.41) is -7.94. The van der Waals surface area contributed by atoms with Crippen molar-refractivity contribution in [3.63, 3.8) is 0 Å². The molecule has 0 saturated heterocycles. The molecule has 25 heteroatoms. The van der Waals surface area contributed by atoms with E-state index in [1.165, 1.54) is 32.9 Å². The summed E-state index contributed by atoms with van der Waals surface area (Å²) in [5.41, 5.74) is -0.978. The largest absolute Gasteiger partial charge is 0.482 e. The number of ether oxygens (including phenoxy) is 2. The third kappa shape index (κ3) is 7.93. The van der Waals surface area contributed by atoms with E-state index < -0.39 is 100 Å². The first-order valence-corrected chi connectivity index (χ1v) is 18.0. The lowest BCUT2D eigenvalue weighted by molar-refractivity contribution is -0.458. The molecule has 0 aliphatic rings. The van der Waals surface area contributed by atoms with Gasteiger partial charge < -0.3 is 9.47 Å².